The lowest BCUT2D eigenvalue weighted by Crippen LogP contribution is -2.25. The van der Waals surface area contributed by atoms with Crippen LogP contribution in [0.25, 0.3) is 27.5 Å². The lowest BCUT2D eigenvalue weighted by molar-refractivity contribution is 0.290. The average Bonchev–Trinajstić information content (AvgIpc) is 3.19. The molecule has 1 unspecified atom stereocenters. The minimum Gasteiger partial charge on any atom is -0.395 e. The third-order valence-corrected chi connectivity index (χ3v) is 4.54. The molecule has 1 aliphatic carbocycles. The highest BCUT2D eigenvalue weighted by Gasteiger charge is 2.17. The number of rotatable bonds is 5. The first kappa shape index (κ1) is 15.1. The normalized spacial score (nSPS) is 17.8. The summed E-state index contributed by atoms with van der Waals surface area (Å²) in [6.45, 7) is 1.67. The predicted octanol–water partition coefficient (Wildman–Crippen LogP) is 1.99. The minimum absolute atomic E-state index is 0.171. The van der Waals surface area contributed by atoms with Gasteiger partial charge in [0.05, 0.1) is 17.8 Å². The molecule has 0 bridgehead atoms. The molecule has 0 saturated heterocycles. The van der Waals surface area contributed by atoms with E-state index in [4.69, 9.17) is 10.1 Å². The number of H-pyrrole nitrogens is 1. The maximum absolute atomic E-state index is 8.88. The third-order valence-electron chi connectivity index (χ3n) is 4.54. The van der Waals surface area contributed by atoms with Crippen LogP contribution in [0.5, 0.6) is 0 Å². The van der Waals surface area contributed by atoms with E-state index in [1.54, 1.807) is 0 Å². The molecule has 1 atom stereocenters. The quantitative estimate of drug-likeness (QED) is 0.628. The molecule has 1 aliphatic rings. The van der Waals surface area contributed by atoms with Crippen molar-refractivity contribution in [1.29, 1.82) is 0 Å². The molecule has 0 aliphatic heterocycles. The van der Waals surface area contributed by atoms with Gasteiger partial charge in [-0.15, -0.1) is 0 Å². The highest BCUT2D eigenvalue weighted by atomic mass is 16.3. The molecule has 4 rings (SSSR count). The Labute approximate surface area is 139 Å². The van der Waals surface area contributed by atoms with E-state index < -0.39 is 0 Å². The SMILES string of the molecule is Cn1[nH]cc2cnc3nc(C4=CC=CC(CNCCO)C4)cc3c21. The molecule has 0 spiro atoms. The number of aromatic amines is 1. The fourth-order valence-electron chi connectivity index (χ4n) is 3.35. The lowest BCUT2D eigenvalue weighted by atomic mass is 9.92. The molecular weight excluding hydrogens is 302 g/mol. The Morgan fingerprint density at radius 2 is 2.38 bits per heavy atom. The Morgan fingerprint density at radius 1 is 1.46 bits per heavy atom. The Bertz CT molecular complexity index is 934. The number of nitrogens with zero attached hydrogens (tertiary/aromatic N) is 3. The largest absolute Gasteiger partial charge is 0.395 e. The van der Waals surface area contributed by atoms with Gasteiger partial charge in [0.15, 0.2) is 5.65 Å². The summed E-state index contributed by atoms with van der Waals surface area (Å²) in [6.07, 6.45) is 11.2. The molecule has 124 valence electrons. The monoisotopic (exact) mass is 323 g/mol. The van der Waals surface area contributed by atoms with Gasteiger partial charge in [0.1, 0.15) is 0 Å². The predicted molar refractivity (Wildman–Crippen MR) is 95.5 cm³/mol. The summed E-state index contributed by atoms with van der Waals surface area (Å²) in [4.78, 5) is 9.23. The molecule has 0 saturated carbocycles. The number of hydrogen-bond donors (Lipinski definition) is 3. The summed E-state index contributed by atoms with van der Waals surface area (Å²) in [5, 5.41) is 17.5. The molecule has 6 nitrogen and oxygen atoms in total. The van der Waals surface area contributed by atoms with E-state index in [1.165, 1.54) is 5.57 Å². The molecule has 3 N–H and O–H groups in total. The standard InChI is InChI=1S/C18H21N5O/c1-23-17-14(11-21-23)10-20-18-15(17)8-16(22-18)13-4-2-3-12(7-13)9-19-5-6-24/h2-4,8,10-12,19,21,24H,5-7,9H2,1H3. The molecule has 24 heavy (non-hydrogen) atoms. The highest BCUT2D eigenvalue weighted by molar-refractivity contribution is 6.03. The average molecular weight is 323 g/mol. The van der Waals surface area contributed by atoms with E-state index in [-0.39, 0.29) is 6.61 Å². The van der Waals surface area contributed by atoms with Gasteiger partial charge in [-0.2, -0.15) is 0 Å². The smallest absolute Gasteiger partial charge is 0.162 e. The first-order valence-corrected chi connectivity index (χ1v) is 8.25. The molecule has 0 amide bonds. The van der Waals surface area contributed by atoms with Crippen molar-refractivity contribution in [1.82, 2.24) is 25.1 Å². The molecule has 0 radical (unpaired) electrons. The number of aromatic nitrogens is 4. The van der Waals surface area contributed by atoms with Crippen LogP contribution in [0.3, 0.4) is 0 Å². The number of aliphatic hydroxyl groups is 1. The molecule has 3 aromatic heterocycles. The first-order chi connectivity index (χ1) is 11.8. The molecule has 3 heterocycles. The van der Waals surface area contributed by atoms with Crippen LogP contribution in [0.4, 0.5) is 0 Å². The summed E-state index contributed by atoms with van der Waals surface area (Å²) < 4.78 is 2.00. The van der Waals surface area contributed by atoms with Crippen molar-refractivity contribution in [2.45, 2.75) is 6.42 Å². The lowest BCUT2D eigenvalue weighted by Gasteiger charge is -2.17. The van der Waals surface area contributed by atoms with Crippen LogP contribution >= 0.6 is 0 Å². The van der Waals surface area contributed by atoms with Gasteiger partial charge in [-0.1, -0.05) is 18.2 Å². The number of allylic oxidation sites excluding steroid dienone is 3. The van der Waals surface area contributed by atoms with Gasteiger partial charge in [0.2, 0.25) is 0 Å². The maximum atomic E-state index is 8.88. The van der Waals surface area contributed by atoms with Crippen molar-refractivity contribution in [3.05, 3.63) is 42.4 Å². The second-order valence-corrected chi connectivity index (χ2v) is 6.24. The van der Waals surface area contributed by atoms with Crippen molar-refractivity contribution in [3.8, 4) is 0 Å². The van der Waals surface area contributed by atoms with E-state index in [0.29, 0.717) is 12.5 Å². The Balaban J connectivity index is 1.64. The van der Waals surface area contributed by atoms with Crippen molar-refractivity contribution >= 4 is 27.5 Å². The number of pyridine rings is 1. The van der Waals surface area contributed by atoms with Crippen LogP contribution in [-0.2, 0) is 7.05 Å². The van der Waals surface area contributed by atoms with Crippen molar-refractivity contribution in [3.63, 3.8) is 0 Å². The van der Waals surface area contributed by atoms with Gasteiger partial charge in [-0.25, -0.2) is 9.97 Å². The maximum Gasteiger partial charge on any atom is 0.162 e. The molecule has 0 aromatic carbocycles. The van der Waals surface area contributed by atoms with Crippen molar-refractivity contribution in [2.24, 2.45) is 13.0 Å². The fraction of sp³-hybridized carbons (Fsp3) is 0.333. The van der Waals surface area contributed by atoms with E-state index in [2.05, 4.69) is 39.7 Å². The van der Waals surface area contributed by atoms with Crippen molar-refractivity contribution < 1.29 is 5.11 Å². The van der Waals surface area contributed by atoms with E-state index in [0.717, 1.165) is 40.6 Å². The van der Waals surface area contributed by atoms with Crippen LogP contribution in [0.1, 0.15) is 12.1 Å². The summed E-state index contributed by atoms with van der Waals surface area (Å²) in [6, 6.07) is 2.14. The van der Waals surface area contributed by atoms with Gasteiger partial charge in [0, 0.05) is 43.3 Å². The Morgan fingerprint density at radius 3 is 3.25 bits per heavy atom. The molecule has 3 aromatic rings. The van der Waals surface area contributed by atoms with Gasteiger partial charge in [-0.3, -0.25) is 4.68 Å². The summed E-state index contributed by atoms with van der Waals surface area (Å²) in [7, 11) is 2.00. The molecule has 0 fully saturated rings. The topological polar surface area (TPSA) is 78.8 Å². The molecular formula is C18H21N5O. The van der Waals surface area contributed by atoms with Gasteiger partial charge in [-0.05, 0) is 24.0 Å². The van der Waals surface area contributed by atoms with Crippen LogP contribution in [0.2, 0.25) is 0 Å². The number of hydrogen-bond acceptors (Lipinski definition) is 4. The highest BCUT2D eigenvalue weighted by Crippen LogP contribution is 2.31. The van der Waals surface area contributed by atoms with Crippen LogP contribution in [0, 0.1) is 5.92 Å². The number of fused-ring (bicyclic) bond motifs is 3. The summed E-state index contributed by atoms with van der Waals surface area (Å²) in [5.41, 5.74) is 4.16. The Hall–Kier alpha value is -2.44. The van der Waals surface area contributed by atoms with E-state index in [9.17, 15) is 0 Å². The van der Waals surface area contributed by atoms with E-state index >= 15 is 0 Å². The second-order valence-electron chi connectivity index (χ2n) is 6.24. The van der Waals surface area contributed by atoms with Crippen LogP contribution in [-0.4, -0.2) is 44.6 Å². The minimum atomic E-state index is 0.171. The summed E-state index contributed by atoms with van der Waals surface area (Å²) in [5.74, 6) is 0.424. The third kappa shape index (κ3) is 2.64. The second kappa shape index (κ2) is 6.22. The fourth-order valence-corrected chi connectivity index (χ4v) is 3.35. The number of aryl methyl sites for hydroxylation is 1. The van der Waals surface area contributed by atoms with Crippen LogP contribution in [0.15, 0.2) is 36.7 Å². The zero-order chi connectivity index (χ0) is 16.5. The first-order valence-electron chi connectivity index (χ1n) is 8.25. The van der Waals surface area contributed by atoms with Gasteiger partial charge in [0.25, 0.3) is 0 Å². The van der Waals surface area contributed by atoms with Crippen LogP contribution < -0.4 is 5.32 Å². The number of nitrogens with one attached hydrogen (secondary N) is 2. The molecule has 6 heteroatoms. The summed E-state index contributed by atoms with van der Waals surface area (Å²) >= 11 is 0. The zero-order valence-corrected chi connectivity index (χ0v) is 13.7. The number of aliphatic hydroxyl groups excluding tert-OH is 1. The van der Waals surface area contributed by atoms with Gasteiger partial charge >= 0.3 is 0 Å². The zero-order valence-electron chi connectivity index (χ0n) is 13.7. The van der Waals surface area contributed by atoms with Gasteiger partial charge < -0.3 is 15.5 Å². The van der Waals surface area contributed by atoms with Crippen molar-refractivity contribution in [2.75, 3.05) is 19.7 Å². The van der Waals surface area contributed by atoms with E-state index in [1.807, 2.05) is 24.1 Å². The Kier molecular flexibility index (Phi) is 3.92.